The summed E-state index contributed by atoms with van der Waals surface area (Å²) in [5.74, 6) is -0.107. The molecule has 1 atom stereocenters. The Bertz CT molecular complexity index is 768. The first-order valence-corrected chi connectivity index (χ1v) is 6.94. The molecule has 21 heavy (non-hydrogen) atoms. The van der Waals surface area contributed by atoms with Crippen LogP contribution in [0.5, 0.6) is 0 Å². The number of carbonyl (C=O) groups is 1. The zero-order valence-corrected chi connectivity index (χ0v) is 11.8. The van der Waals surface area contributed by atoms with Crippen molar-refractivity contribution < 1.29 is 4.79 Å². The molecular weight excluding hydrogens is 260 g/mol. The highest BCUT2D eigenvalue weighted by Crippen LogP contribution is 2.15. The van der Waals surface area contributed by atoms with Crippen LogP contribution in [0.25, 0.3) is 10.9 Å². The molecule has 0 aliphatic heterocycles. The van der Waals surface area contributed by atoms with Gasteiger partial charge in [0.2, 0.25) is 0 Å². The van der Waals surface area contributed by atoms with Crippen LogP contribution < -0.4 is 5.32 Å². The number of amides is 1. The Kier molecular flexibility index (Phi) is 3.65. The van der Waals surface area contributed by atoms with Gasteiger partial charge in [0.25, 0.3) is 5.91 Å². The van der Waals surface area contributed by atoms with Crippen molar-refractivity contribution >= 4 is 16.8 Å². The Balaban J connectivity index is 1.80. The van der Waals surface area contributed by atoms with Crippen molar-refractivity contribution in [2.75, 3.05) is 0 Å². The first-order valence-electron chi connectivity index (χ1n) is 6.94. The second-order valence-corrected chi connectivity index (χ2v) is 5.02. The molecule has 3 rings (SSSR count). The molecule has 1 heterocycles. The van der Waals surface area contributed by atoms with Crippen LogP contribution in [0.15, 0.2) is 66.9 Å². The molecule has 0 fully saturated rings. The van der Waals surface area contributed by atoms with Crippen molar-refractivity contribution in [2.24, 2.45) is 0 Å². The molecule has 0 radical (unpaired) electrons. The summed E-state index contributed by atoms with van der Waals surface area (Å²) in [5.41, 5.74) is 2.56. The predicted molar refractivity (Wildman–Crippen MR) is 84.1 cm³/mol. The molecule has 0 saturated carbocycles. The molecule has 0 aliphatic rings. The average molecular weight is 276 g/mol. The Hall–Kier alpha value is -2.68. The number of pyridine rings is 1. The third-order valence-electron chi connectivity index (χ3n) is 3.50. The molecule has 2 aromatic carbocycles. The minimum atomic E-state index is -0.107. The van der Waals surface area contributed by atoms with Crippen LogP contribution in [0.4, 0.5) is 0 Å². The molecule has 1 amide bonds. The van der Waals surface area contributed by atoms with Gasteiger partial charge in [0, 0.05) is 11.6 Å². The maximum absolute atomic E-state index is 12.3. The Morgan fingerprint density at radius 3 is 2.57 bits per heavy atom. The van der Waals surface area contributed by atoms with Gasteiger partial charge >= 0.3 is 0 Å². The van der Waals surface area contributed by atoms with Gasteiger partial charge in [0.1, 0.15) is 0 Å². The molecule has 3 heteroatoms. The molecular formula is C18H16N2O. The molecule has 0 aliphatic carbocycles. The van der Waals surface area contributed by atoms with Crippen molar-refractivity contribution in [3.8, 4) is 0 Å². The Morgan fingerprint density at radius 2 is 1.76 bits per heavy atom. The molecule has 104 valence electrons. The molecule has 1 aromatic heterocycles. The lowest BCUT2D eigenvalue weighted by Crippen LogP contribution is -2.26. The van der Waals surface area contributed by atoms with Gasteiger partial charge in [-0.2, -0.15) is 0 Å². The number of carbonyl (C=O) groups excluding carboxylic acids is 1. The van der Waals surface area contributed by atoms with Crippen LogP contribution in [0, 0.1) is 0 Å². The number of hydrogen-bond donors (Lipinski definition) is 1. The SMILES string of the molecule is CC(NC(=O)c1cnc2ccccc2c1)c1ccccc1. The summed E-state index contributed by atoms with van der Waals surface area (Å²) in [6.45, 7) is 1.97. The van der Waals surface area contributed by atoms with Gasteiger partial charge < -0.3 is 5.32 Å². The van der Waals surface area contributed by atoms with Gasteiger partial charge in [-0.15, -0.1) is 0 Å². The number of para-hydroxylation sites is 1. The zero-order valence-electron chi connectivity index (χ0n) is 11.8. The number of benzene rings is 2. The molecule has 3 nitrogen and oxygen atoms in total. The van der Waals surface area contributed by atoms with Crippen LogP contribution in [0.3, 0.4) is 0 Å². The van der Waals surface area contributed by atoms with Gasteiger partial charge in [-0.3, -0.25) is 9.78 Å². The highest BCUT2D eigenvalue weighted by molar-refractivity contribution is 5.97. The molecule has 0 bridgehead atoms. The average Bonchev–Trinajstić information content (AvgIpc) is 2.55. The largest absolute Gasteiger partial charge is 0.345 e. The molecule has 1 unspecified atom stereocenters. The number of rotatable bonds is 3. The van der Waals surface area contributed by atoms with E-state index < -0.39 is 0 Å². The topological polar surface area (TPSA) is 42.0 Å². The maximum Gasteiger partial charge on any atom is 0.253 e. The smallest absolute Gasteiger partial charge is 0.253 e. The van der Waals surface area contributed by atoms with Crippen molar-refractivity contribution in [1.82, 2.24) is 10.3 Å². The van der Waals surface area contributed by atoms with Crippen molar-refractivity contribution in [3.05, 3.63) is 78.0 Å². The fourth-order valence-electron chi connectivity index (χ4n) is 2.30. The van der Waals surface area contributed by atoms with E-state index >= 15 is 0 Å². The lowest BCUT2D eigenvalue weighted by molar-refractivity contribution is 0.0939. The van der Waals surface area contributed by atoms with E-state index in [0.29, 0.717) is 5.56 Å². The van der Waals surface area contributed by atoms with E-state index in [-0.39, 0.29) is 11.9 Å². The number of nitrogens with one attached hydrogen (secondary N) is 1. The molecule has 1 N–H and O–H groups in total. The third kappa shape index (κ3) is 2.92. The van der Waals surface area contributed by atoms with E-state index in [1.165, 1.54) is 0 Å². The summed E-state index contributed by atoms with van der Waals surface area (Å²) < 4.78 is 0. The zero-order chi connectivity index (χ0) is 14.7. The number of nitrogens with zero attached hydrogens (tertiary/aromatic N) is 1. The van der Waals surface area contributed by atoms with Crippen molar-refractivity contribution in [2.45, 2.75) is 13.0 Å². The molecule has 0 spiro atoms. The highest BCUT2D eigenvalue weighted by Gasteiger charge is 2.11. The number of fused-ring (bicyclic) bond motifs is 1. The van der Waals surface area contributed by atoms with Gasteiger partial charge in [-0.1, -0.05) is 48.5 Å². The predicted octanol–water partition coefficient (Wildman–Crippen LogP) is 3.73. The monoisotopic (exact) mass is 276 g/mol. The Morgan fingerprint density at radius 1 is 1.05 bits per heavy atom. The maximum atomic E-state index is 12.3. The first kappa shape index (κ1) is 13.3. The summed E-state index contributed by atoms with van der Waals surface area (Å²) in [5, 5.41) is 3.97. The van der Waals surface area contributed by atoms with Crippen molar-refractivity contribution in [3.63, 3.8) is 0 Å². The van der Waals surface area contributed by atoms with E-state index in [1.54, 1.807) is 6.20 Å². The molecule has 0 saturated heterocycles. The normalized spacial score (nSPS) is 12.0. The van der Waals surface area contributed by atoms with Gasteiger partial charge in [-0.25, -0.2) is 0 Å². The van der Waals surface area contributed by atoms with Crippen LogP contribution >= 0.6 is 0 Å². The second-order valence-electron chi connectivity index (χ2n) is 5.02. The summed E-state index contributed by atoms with van der Waals surface area (Å²) >= 11 is 0. The Labute approximate surface area is 123 Å². The summed E-state index contributed by atoms with van der Waals surface area (Å²) in [4.78, 5) is 16.6. The first-order chi connectivity index (χ1) is 10.2. The van der Waals surface area contributed by atoms with E-state index in [2.05, 4.69) is 10.3 Å². The minimum Gasteiger partial charge on any atom is -0.345 e. The van der Waals surface area contributed by atoms with E-state index in [9.17, 15) is 4.79 Å². The fourth-order valence-corrected chi connectivity index (χ4v) is 2.30. The highest BCUT2D eigenvalue weighted by atomic mass is 16.1. The van der Waals surface area contributed by atoms with E-state index in [0.717, 1.165) is 16.5 Å². The third-order valence-corrected chi connectivity index (χ3v) is 3.50. The quantitative estimate of drug-likeness (QED) is 0.792. The number of hydrogen-bond acceptors (Lipinski definition) is 2. The van der Waals surface area contributed by atoms with E-state index in [4.69, 9.17) is 0 Å². The van der Waals surface area contributed by atoms with Crippen LogP contribution in [-0.2, 0) is 0 Å². The fraction of sp³-hybridized carbons (Fsp3) is 0.111. The van der Waals surface area contributed by atoms with Crippen LogP contribution in [0.1, 0.15) is 28.9 Å². The van der Waals surface area contributed by atoms with Gasteiger partial charge in [0.05, 0.1) is 17.1 Å². The summed E-state index contributed by atoms with van der Waals surface area (Å²) in [7, 11) is 0. The molecule has 3 aromatic rings. The lowest BCUT2D eigenvalue weighted by Gasteiger charge is -2.14. The van der Waals surface area contributed by atoms with E-state index in [1.807, 2.05) is 67.6 Å². The number of aromatic nitrogens is 1. The lowest BCUT2D eigenvalue weighted by atomic mass is 10.1. The van der Waals surface area contributed by atoms with Crippen LogP contribution in [0.2, 0.25) is 0 Å². The minimum absolute atomic E-state index is 0.0369. The standard InChI is InChI=1S/C18H16N2O/c1-13(14-7-3-2-4-8-14)20-18(21)16-11-15-9-5-6-10-17(15)19-12-16/h2-13H,1H3,(H,20,21). The van der Waals surface area contributed by atoms with Gasteiger partial charge in [0.15, 0.2) is 0 Å². The van der Waals surface area contributed by atoms with Crippen LogP contribution in [-0.4, -0.2) is 10.9 Å². The second kappa shape index (κ2) is 5.75. The van der Waals surface area contributed by atoms with Gasteiger partial charge in [-0.05, 0) is 24.6 Å². The van der Waals surface area contributed by atoms with Crippen molar-refractivity contribution in [1.29, 1.82) is 0 Å². The summed E-state index contributed by atoms with van der Waals surface area (Å²) in [6.07, 6.45) is 1.62. The summed E-state index contributed by atoms with van der Waals surface area (Å²) in [6, 6.07) is 19.5.